The zero-order valence-corrected chi connectivity index (χ0v) is 9.38. The van der Waals surface area contributed by atoms with Gasteiger partial charge in [-0.1, -0.05) is 29.3 Å². The maximum atomic E-state index is 10.2. The Hall–Kier alpha value is -0.770. The molecular formula is C10H10Cl2O3. The molecular weight excluding hydrogens is 239 g/mol. The monoisotopic (exact) mass is 248 g/mol. The van der Waals surface area contributed by atoms with Crippen molar-refractivity contribution in [3.05, 3.63) is 33.8 Å². The van der Waals surface area contributed by atoms with Crippen LogP contribution in [0, 0.1) is 0 Å². The van der Waals surface area contributed by atoms with E-state index in [4.69, 9.17) is 33.0 Å². The van der Waals surface area contributed by atoms with Gasteiger partial charge in [0.15, 0.2) is 0 Å². The van der Waals surface area contributed by atoms with Crippen LogP contribution in [-0.4, -0.2) is 17.7 Å². The Bertz CT molecular complexity index is 353. The second-order valence-electron chi connectivity index (χ2n) is 2.93. The number of hydrogen-bond acceptors (Lipinski definition) is 2. The van der Waals surface area contributed by atoms with Crippen LogP contribution in [0.15, 0.2) is 18.2 Å². The van der Waals surface area contributed by atoms with Gasteiger partial charge in [-0.2, -0.15) is 0 Å². The smallest absolute Gasteiger partial charge is 0.305 e. The highest BCUT2D eigenvalue weighted by Gasteiger charge is 2.02. The molecule has 0 aromatic heterocycles. The molecule has 0 aliphatic heterocycles. The summed E-state index contributed by atoms with van der Waals surface area (Å²) in [5, 5.41) is 9.47. The molecule has 1 aromatic rings. The Kier molecular flexibility index (Phi) is 4.88. The number of hydrogen-bond donors (Lipinski definition) is 1. The predicted octanol–water partition coefficient (Wildman–Crippen LogP) is 2.98. The topological polar surface area (TPSA) is 46.5 Å². The summed E-state index contributed by atoms with van der Waals surface area (Å²) in [5.41, 5.74) is 0.798. The summed E-state index contributed by atoms with van der Waals surface area (Å²) >= 11 is 11.6. The summed E-state index contributed by atoms with van der Waals surface area (Å²) in [6.07, 6.45) is -0.00872. The van der Waals surface area contributed by atoms with E-state index in [0.717, 1.165) is 5.56 Å². The number of aliphatic carboxylic acids is 1. The predicted molar refractivity (Wildman–Crippen MR) is 58.4 cm³/mol. The minimum atomic E-state index is -0.878. The summed E-state index contributed by atoms with van der Waals surface area (Å²) in [7, 11) is 0. The summed E-state index contributed by atoms with van der Waals surface area (Å²) < 4.78 is 5.14. The lowest BCUT2D eigenvalue weighted by molar-refractivity contribution is -0.138. The largest absolute Gasteiger partial charge is 0.481 e. The summed E-state index contributed by atoms with van der Waals surface area (Å²) in [4.78, 5) is 10.2. The minimum Gasteiger partial charge on any atom is -0.481 e. The third-order valence-electron chi connectivity index (χ3n) is 1.73. The zero-order valence-electron chi connectivity index (χ0n) is 7.87. The molecule has 1 aromatic carbocycles. The van der Waals surface area contributed by atoms with Gasteiger partial charge >= 0.3 is 5.97 Å². The molecule has 0 aliphatic carbocycles. The molecule has 1 N–H and O–H groups in total. The minimum absolute atomic E-state index is 0.00872. The number of ether oxygens (including phenoxy) is 1. The van der Waals surface area contributed by atoms with Gasteiger partial charge in [0.25, 0.3) is 0 Å². The van der Waals surface area contributed by atoms with E-state index in [1.807, 2.05) is 0 Å². The molecule has 0 heterocycles. The number of carboxylic acid groups (broad SMARTS) is 1. The highest BCUT2D eigenvalue weighted by Crippen LogP contribution is 2.21. The number of carboxylic acids is 1. The summed E-state index contributed by atoms with van der Waals surface area (Å²) in [5.74, 6) is -0.878. The van der Waals surface area contributed by atoms with E-state index in [-0.39, 0.29) is 13.0 Å². The van der Waals surface area contributed by atoms with E-state index < -0.39 is 5.97 Å². The first-order valence-corrected chi connectivity index (χ1v) is 5.08. The third-order valence-corrected chi connectivity index (χ3v) is 2.32. The summed E-state index contributed by atoms with van der Waals surface area (Å²) in [6, 6.07) is 5.09. The van der Waals surface area contributed by atoms with E-state index in [1.54, 1.807) is 18.2 Å². The van der Waals surface area contributed by atoms with Crippen molar-refractivity contribution in [2.75, 3.05) is 6.61 Å². The fourth-order valence-electron chi connectivity index (χ4n) is 0.980. The van der Waals surface area contributed by atoms with Crippen molar-refractivity contribution in [3.8, 4) is 0 Å². The Balaban J connectivity index is 2.40. The van der Waals surface area contributed by atoms with Gasteiger partial charge in [-0.05, 0) is 17.7 Å². The van der Waals surface area contributed by atoms with Crippen LogP contribution in [-0.2, 0) is 16.1 Å². The maximum absolute atomic E-state index is 10.2. The Labute approximate surface area is 97.6 Å². The quantitative estimate of drug-likeness (QED) is 0.816. The van der Waals surface area contributed by atoms with Crippen molar-refractivity contribution in [3.63, 3.8) is 0 Å². The van der Waals surface area contributed by atoms with Crippen molar-refractivity contribution >= 4 is 29.2 Å². The van der Waals surface area contributed by atoms with Gasteiger partial charge < -0.3 is 9.84 Å². The molecule has 0 radical (unpaired) electrons. The average Bonchev–Trinajstić information content (AvgIpc) is 2.14. The molecule has 82 valence electrons. The first-order valence-electron chi connectivity index (χ1n) is 4.33. The zero-order chi connectivity index (χ0) is 11.3. The first-order chi connectivity index (χ1) is 7.09. The van der Waals surface area contributed by atoms with Gasteiger partial charge in [0.2, 0.25) is 0 Å². The summed E-state index contributed by atoms with van der Waals surface area (Å²) in [6.45, 7) is 0.470. The number of rotatable bonds is 5. The van der Waals surface area contributed by atoms with Crippen LogP contribution in [0.1, 0.15) is 12.0 Å². The molecule has 0 fully saturated rings. The normalized spacial score (nSPS) is 10.3. The van der Waals surface area contributed by atoms with Crippen LogP contribution in [0.2, 0.25) is 10.0 Å². The SMILES string of the molecule is O=C(O)CCOCc1ccc(Cl)cc1Cl. The van der Waals surface area contributed by atoms with Crippen molar-refractivity contribution in [1.29, 1.82) is 0 Å². The van der Waals surface area contributed by atoms with E-state index in [1.165, 1.54) is 0 Å². The highest BCUT2D eigenvalue weighted by atomic mass is 35.5. The fraction of sp³-hybridized carbons (Fsp3) is 0.300. The van der Waals surface area contributed by atoms with Crippen molar-refractivity contribution < 1.29 is 14.6 Å². The number of carbonyl (C=O) groups is 1. The van der Waals surface area contributed by atoms with Crippen molar-refractivity contribution in [2.45, 2.75) is 13.0 Å². The van der Waals surface area contributed by atoms with Crippen LogP contribution in [0.5, 0.6) is 0 Å². The standard InChI is InChI=1S/C10H10Cl2O3/c11-8-2-1-7(9(12)5-8)6-15-4-3-10(13)14/h1-2,5H,3-4,6H2,(H,13,14). The molecule has 0 aliphatic rings. The molecule has 0 saturated carbocycles. The molecule has 0 saturated heterocycles. The number of benzene rings is 1. The lowest BCUT2D eigenvalue weighted by atomic mass is 10.2. The highest BCUT2D eigenvalue weighted by molar-refractivity contribution is 6.35. The van der Waals surface area contributed by atoms with Crippen LogP contribution in [0.25, 0.3) is 0 Å². The Morgan fingerprint density at radius 1 is 1.40 bits per heavy atom. The molecule has 15 heavy (non-hydrogen) atoms. The van der Waals surface area contributed by atoms with Crippen LogP contribution < -0.4 is 0 Å². The van der Waals surface area contributed by atoms with E-state index in [2.05, 4.69) is 0 Å². The lowest BCUT2D eigenvalue weighted by Crippen LogP contribution is -2.02. The van der Waals surface area contributed by atoms with Gasteiger partial charge in [-0.3, -0.25) is 4.79 Å². The second kappa shape index (κ2) is 5.95. The molecule has 3 nitrogen and oxygen atoms in total. The van der Waals surface area contributed by atoms with Gasteiger partial charge in [0.05, 0.1) is 19.6 Å². The number of halogens is 2. The van der Waals surface area contributed by atoms with E-state index in [9.17, 15) is 4.79 Å². The fourth-order valence-corrected chi connectivity index (χ4v) is 1.44. The Morgan fingerprint density at radius 2 is 2.13 bits per heavy atom. The Morgan fingerprint density at radius 3 is 2.73 bits per heavy atom. The molecule has 0 amide bonds. The van der Waals surface area contributed by atoms with E-state index in [0.29, 0.717) is 16.7 Å². The third kappa shape index (κ3) is 4.51. The second-order valence-corrected chi connectivity index (χ2v) is 3.78. The van der Waals surface area contributed by atoms with Crippen LogP contribution >= 0.6 is 23.2 Å². The molecule has 1 rings (SSSR count). The van der Waals surface area contributed by atoms with Crippen molar-refractivity contribution in [1.82, 2.24) is 0 Å². The molecule has 0 unspecified atom stereocenters. The van der Waals surface area contributed by atoms with Gasteiger partial charge in [-0.15, -0.1) is 0 Å². The maximum Gasteiger partial charge on any atom is 0.305 e. The molecule has 0 atom stereocenters. The lowest BCUT2D eigenvalue weighted by Gasteiger charge is -2.05. The van der Waals surface area contributed by atoms with Crippen molar-refractivity contribution in [2.24, 2.45) is 0 Å². The van der Waals surface area contributed by atoms with E-state index >= 15 is 0 Å². The van der Waals surface area contributed by atoms with Crippen LogP contribution in [0.3, 0.4) is 0 Å². The molecule has 0 bridgehead atoms. The first kappa shape index (κ1) is 12.3. The average molecular weight is 249 g/mol. The van der Waals surface area contributed by atoms with Gasteiger partial charge in [0.1, 0.15) is 0 Å². The molecule has 5 heteroatoms. The van der Waals surface area contributed by atoms with Gasteiger partial charge in [-0.25, -0.2) is 0 Å². The van der Waals surface area contributed by atoms with Gasteiger partial charge in [0, 0.05) is 10.0 Å². The molecule has 0 spiro atoms. The van der Waals surface area contributed by atoms with Crippen LogP contribution in [0.4, 0.5) is 0 Å².